The van der Waals surface area contributed by atoms with Gasteiger partial charge in [0.05, 0.1) is 0 Å². The van der Waals surface area contributed by atoms with E-state index in [4.69, 9.17) is 0 Å². The van der Waals surface area contributed by atoms with Gasteiger partial charge in [0.25, 0.3) is 0 Å². The summed E-state index contributed by atoms with van der Waals surface area (Å²) in [4.78, 5) is 2.29. The lowest BCUT2D eigenvalue weighted by Crippen LogP contribution is -2.14. The van der Waals surface area contributed by atoms with E-state index in [9.17, 15) is 0 Å². The Balaban J connectivity index is 0.980. The van der Waals surface area contributed by atoms with E-state index in [1.807, 2.05) is 12.2 Å². The number of anilines is 2. The molecular weight excluding hydrogens is 891 g/mol. The van der Waals surface area contributed by atoms with E-state index in [1.165, 1.54) is 120 Å². The van der Waals surface area contributed by atoms with Crippen LogP contribution in [0.2, 0.25) is 0 Å². The first-order chi connectivity index (χ1) is 36.6. The fourth-order valence-corrected chi connectivity index (χ4v) is 11.5. The number of hydrogen-bond donors (Lipinski definition) is 0. The second-order valence-electron chi connectivity index (χ2n) is 19.1. The van der Waals surface area contributed by atoms with Gasteiger partial charge >= 0.3 is 0 Å². The van der Waals surface area contributed by atoms with E-state index in [-0.39, 0.29) is 0 Å². The summed E-state index contributed by atoms with van der Waals surface area (Å²) < 4.78 is 0. The summed E-state index contributed by atoms with van der Waals surface area (Å²) in [6.07, 6.45) is 8.06. The molecule has 13 rings (SSSR count). The van der Waals surface area contributed by atoms with Gasteiger partial charge in [0, 0.05) is 17.1 Å². The molecular formula is C73H51N. The molecule has 0 aliphatic carbocycles. The van der Waals surface area contributed by atoms with Gasteiger partial charge in [-0.2, -0.15) is 0 Å². The first-order valence-corrected chi connectivity index (χ1v) is 25.6. The van der Waals surface area contributed by atoms with Crippen LogP contribution < -0.4 is 4.90 Å². The summed E-state index contributed by atoms with van der Waals surface area (Å²) in [6, 6.07) is 94.1. The Labute approximate surface area is 432 Å². The van der Waals surface area contributed by atoms with E-state index in [0.717, 1.165) is 17.1 Å². The summed E-state index contributed by atoms with van der Waals surface area (Å²) in [7, 11) is 0. The maximum Gasteiger partial charge on any atom is 0.0461 e. The second kappa shape index (κ2) is 18.9. The van der Waals surface area contributed by atoms with Crippen LogP contribution in [0.15, 0.2) is 291 Å². The van der Waals surface area contributed by atoms with Gasteiger partial charge in [0.2, 0.25) is 0 Å². The Morgan fingerprint density at radius 1 is 0.311 bits per heavy atom. The summed E-state index contributed by atoms with van der Waals surface area (Å²) in [6.45, 7) is 6.01. The highest BCUT2D eigenvalue weighted by Gasteiger charge is 2.21. The van der Waals surface area contributed by atoms with Crippen LogP contribution in [-0.4, -0.2) is 0 Å². The first-order valence-electron chi connectivity index (χ1n) is 25.6. The molecule has 0 N–H and O–H groups in total. The normalized spacial score (nSPS) is 11.9. The monoisotopic (exact) mass is 941 g/mol. The molecule has 0 fully saturated rings. The summed E-state index contributed by atoms with van der Waals surface area (Å²) in [5, 5.41) is 14.8. The lowest BCUT2D eigenvalue weighted by atomic mass is 9.83. The Morgan fingerprint density at radius 3 is 1.23 bits per heavy atom. The Kier molecular flexibility index (Phi) is 11.3. The number of allylic oxidation sites excluding steroid dienone is 4. The van der Waals surface area contributed by atoms with Crippen LogP contribution >= 0.6 is 0 Å². The van der Waals surface area contributed by atoms with Crippen molar-refractivity contribution < 1.29 is 0 Å². The smallest absolute Gasteiger partial charge is 0.0461 e. The maximum absolute atomic E-state index is 3.93. The largest absolute Gasteiger partial charge is 0.311 e. The van der Waals surface area contributed by atoms with Crippen LogP contribution in [0.5, 0.6) is 0 Å². The van der Waals surface area contributed by atoms with E-state index in [2.05, 4.69) is 285 Å². The van der Waals surface area contributed by atoms with Gasteiger partial charge in [0.1, 0.15) is 0 Å². The molecule has 0 spiro atoms. The number of rotatable bonds is 10. The molecule has 1 nitrogen and oxygen atoms in total. The third-order valence-electron chi connectivity index (χ3n) is 14.9. The van der Waals surface area contributed by atoms with Crippen molar-refractivity contribution in [3.8, 4) is 55.6 Å². The van der Waals surface area contributed by atoms with Gasteiger partial charge in [-0.1, -0.05) is 231 Å². The molecule has 0 bridgehead atoms. The van der Waals surface area contributed by atoms with Crippen molar-refractivity contribution in [2.24, 2.45) is 0 Å². The Bertz CT molecular complexity index is 4330. The predicted molar refractivity (Wildman–Crippen MR) is 320 cm³/mol. The summed E-state index contributed by atoms with van der Waals surface area (Å²) >= 11 is 0. The topological polar surface area (TPSA) is 3.24 Å². The quantitative estimate of drug-likeness (QED) is 0.0975. The average Bonchev–Trinajstić information content (AvgIpc) is 3.47. The van der Waals surface area contributed by atoms with Gasteiger partial charge in [0.15, 0.2) is 0 Å². The minimum atomic E-state index is 1.07. The van der Waals surface area contributed by atoms with Crippen LogP contribution in [-0.2, 0) is 0 Å². The molecule has 0 aromatic heterocycles. The van der Waals surface area contributed by atoms with E-state index in [1.54, 1.807) is 0 Å². The van der Waals surface area contributed by atoms with E-state index in [0.29, 0.717) is 0 Å². The fourth-order valence-electron chi connectivity index (χ4n) is 11.5. The van der Waals surface area contributed by atoms with Crippen molar-refractivity contribution in [3.05, 3.63) is 291 Å². The minimum absolute atomic E-state index is 1.07. The van der Waals surface area contributed by atoms with Crippen LogP contribution in [0, 0.1) is 0 Å². The van der Waals surface area contributed by atoms with Crippen molar-refractivity contribution >= 4 is 76.0 Å². The molecule has 0 radical (unpaired) electrons. The Hall–Kier alpha value is -9.56. The Morgan fingerprint density at radius 2 is 0.703 bits per heavy atom. The third kappa shape index (κ3) is 7.75. The molecule has 0 aliphatic rings. The number of nitrogens with zero attached hydrogens (tertiary/aromatic N) is 1. The second-order valence-corrected chi connectivity index (χ2v) is 19.1. The maximum atomic E-state index is 3.93. The minimum Gasteiger partial charge on any atom is -0.311 e. The van der Waals surface area contributed by atoms with Gasteiger partial charge in [-0.15, -0.1) is 0 Å². The molecule has 13 aromatic carbocycles. The fraction of sp³-hybridized carbons (Fsp3) is 0.0137. The molecule has 0 atom stereocenters. The van der Waals surface area contributed by atoms with E-state index < -0.39 is 0 Å². The van der Waals surface area contributed by atoms with Crippen LogP contribution in [0.3, 0.4) is 0 Å². The molecule has 0 aliphatic heterocycles. The predicted octanol–water partition coefficient (Wildman–Crippen LogP) is 20.7. The highest BCUT2D eigenvalue weighted by molar-refractivity contribution is 6.24. The molecule has 74 heavy (non-hydrogen) atoms. The molecule has 348 valence electrons. The first kappa shape index (κ1) is 44.4. The van der Waals surface area contributed by atoms with Gasteiger partial charge in [-0.25, -0.2) is 0 Å². The molecule has 0 heterocycles. The summed E-state index contributed by atoms with van der Waals surface area (Å²) in [5.74, 6) is 0. The zero-order chi connectivity index (χ0) is 49.5. The number of hydrogen-bond acceptors (Lipinski definition) is 1. The molecule has 13 aromatic rings. The summed E-state index contributed by atoms with van der Waals surface area (Å²) in [5.41, 5.74) is 15.4. The van der Waals surface area contributed by atoms with Crippen molar-refractivity contribution in [3.63, 3.8) is 0 Å². The van der Waals surface area contributed by atoms with Gasteiger partial charge < -0.3 is 4.90 Å². The highest BCUT2D eigenvalue weighted by atomic mass is 15.1. The molecule has 1 heteroatoms. The lowest BCUT2D eigenvalue weighted by Gasteiger charge is -2.26. The van der Waals surface area contributed by atoms with Crippen LogP contribution in [0.1, 0.15) is 6.92 Å². The van der Waals surface area contributed by atoms with Gasteiger partial charge in [-0.3, -0.25) is 0 Å². The number of fused-ring (bicyclic) bond motifs is 6. The van der Waals surface area contributed by atoms with Crippen molar-refractivity contribution in [1.82, 2.24) is 0 Å². The van der Waals surface area contributed by atoms with Crippen molar-refractivity contribution in [2.45, 2.75) is 6.92 Å². The highest BCUT2D eigenvalue weighted by Crippen LogP contribution is 2.48. The lowest BCUT2D eigenvalue weighted by molar-refractivity contribution is 1.20. The van der Waals surface area contributed by atoms with Gasteiger partial charge in [-0.05, 0) is 182 Å². The van der Waals surface area contributed by atoms with Crippen LogP contribution in [0.4, 0.5) is 11.4 Å². The zero-order valence-electron chi connectivity index (χ0n) is 41.2. The number of benzene rings is 13. The number of para-hydroxylation sites is 1. The molecule has 0 amide bonds. The molecule has 0 saturated heterocycles. The standard InChI is InChI=1S/C73H51N/c1-3-5-26-59(4-2)74(60-27-7-6-8-28-60)61-42-39-51(40-43-61)70-62-29-13-15-31-64(62)71(65-32-16-14-30-63(65)70)56-25-19-24-54(47-56)55-41-44-68-69(48-55)73(58-38-36-50-21-10-12-23-53(50)46-58)67-34-18-17-33-66(67)72(68)57-37-35-49-20-9-11-22-52(49)45-57/h3-48H,1H2,2H3/b26-5-,59-4+. The molecule has 0 unspecified atom stereocenters. The molecule has 0 saturated carbocycles. The SMILES string of the molecule is C=C/C=C\C(=C/C)N(c1ccccc1)c1ccc(-c2c3ccccc3c(-c3cccc(-c4ccc5c(-c6ccc7ccccc7c6)c6ccccc6c(-c6ccc7ccccc7c6)c5c4)c3)c3ccccc23)cc1. The van der Waals surface area contributed by atoms with Crippen LogP contribution in [0.25, 0.3) is 120 Å². The average molecular weight is 942 g/mol. The van der Waals surface area contributed by atoms with Crippen molar-refractivity contribution in [1.29, 1.82) is 0 Å². The zero-order valence-corrected chi connectivity index (χ0v) is 41.2. The van der Waals surface area contributed by atoms with Crippen molar-refractivity contribution in [2.75, 3.05) is 4.90 Å². The van der Waals surface area contributed by atoms with E-state index >= 15 is 0 Å². The third-order valence-corrected chi connectivity index (χ3v) is 14.9.